The molecule has 120 valence electrons. The number of aromatic nitrogens is 2. The van der Waals surface area contributed by atoms with Gasteiger partial charge in [-0.05, 0) is 49.9 Å². The van der Waals surface area contributed by atoms with Crippen molar-refractivity contribution in [1.82, 2.24) is 14.5 Å². The van der Waals surface area contributed by atoms with Crippen molar-refractivity contribution in [2.24, 2.45) is 0 Å². The zero-order valence-corrected chi connectivity index (χ0v) is 13.4. The lowest BCUT2D eigenvalue weighted by Crippen LogP contribution is -2.41. The van der Waals surface area contributed by atoms with Crippen LogP contribution in [0, 0.1) is 13.8 Å². The van der Waals surface area contributed by atoms with Gasteiger partial charge in [0.1, 0.15) is 0 Å². The Morgan fingerprint density at radius 3 is 2.59 bits per heavy atom. The normalized spacial score (nSPS) is 18.9. The highest BCUT2D eigenvalue weighted by Gasteiger charge is 2.19. The Morgan fingerprint density at radius 2 is 1.86 bits per heavy atom. The van der Waals surface area contributed by atoms with Gasteiger partial charge in [0, 0.05) is 19.6 Å². The third kappa shape index (κ3) is 3.32. The Hall–Kier alpha value is -1.43. The number of benzene rings is 1. The van der Waals surface area contributed by atoms with E-state index in [-0.39, 0.29) is 6.10 Å². The molecule has 3 rings (SSSR count). The molecule has 0 spiro atoms. The van der Waals surface area contributed by atoms with Crippen molar-refractivity contribution in [1.29, 1.82) is 0 Å². The van der Waals surface area contributed by atoms with Crippen LogP contribution in [0.25, 0.3) is 11.0 Å². The molecule has 5 heteroatoms. The lowest BCUT2D eigenvalue weighted by molar-refractivity contribution is 0.0462. The maximum atomic E-state index is 10.4. The van der Waals surface area contributed by atoms with E-state index < -0.39 is 6.10 Å². The van der Waals surface area contributed by atoms with Crippen molar-refractivity contribution in [3.63, 3.8) is 0 Å². The molecule has 1 saturated heterocycles. The molecule has 0 unspecified atom stereocenters. The Morgan fingerprint density at radius 1 is 1.18 bits per heavy atom. The highest BCUT2D eigenvalue weighted by molar-refractivity contribution is 5.77. The summed E-state index contributed by atoms with van der Waals surface area (Å²) >= 11 is 0. The Balaban J connectivity index is 1.66. The van der Waals surface area contributed by atoms with Gasteiger partial charge in [0.05, 0.1) is 36.1 Å². The lowest BCUT2D eigenvalue weighted by atomic mass is 10.1. The van der Waals surface area contributed by atoms with Crippen molar-refractivity contribution >= 4 is 11.0 Å². The molecule has 2 N–H and O–H groups in total. The molecule has 0 radical (unpaired) electrons. The predicted molar refractivity (Wildman–Crippen MR) is 86.9 cm³/mol. The van der Waals surface area contributed by atoms with Gasteiger partial charge in [0.2, 0.25) is 0 Å². The number of rotatable bonds is 4. The summed E-state index contributed by atoms with van der Waals surface area (Å²) in [5.74, 6) is 0. The SMILES string of the molecule is Cc1cc2ncn(C[C@H](O)CN3CCC(O)CC3)c2cc1C. The zero-order valence-electron chi connectivity index (χ0n) is 13.4. The third-order valence-corrected chi connectivity index (χ3v) is 4.67. The molecule has 1 aliphatic heterocycles. The lowest BCUT2D eigenvalue weighted by Gasteiger charge is -2.31. The molecular weight excluding hydrogens is 278 g/mol. The molecule has 2 heterocycles. The van der Waals surface area contributed by atoms with Gasteiger partial charge in [-0.1, -0.05) is 0 Å². The smallest absolute Gasteiger partial charge is 0.0959 e. The number of likely N-dealkylation sites (tertiary alicyclic amines) is 1. The fourth-order valence-corrected chi connectivity index (χ4v) is 3.14. The Kier molecular flexibility index (Phi) is 4.47. The van der Waals surface area contributed by atoms with Crippen molar-refractivity contribution in [2.75, 3.05) is 19.6 Å². The van der Waals surface area contributed by atoms with Crippen LogP contribution in [0.4, 0.5) is 0 Å². The number of hydrogen-bond donors (Lipinski definition) is 2. The average molecular weight is 303 g/mol. The zero-order chi connectivity index (χ0) is 15.7. The van der Waals surface area contributed by atoms with Crippen LogP contribution in [-0.2, 0) is 6.54 Å². The number of aryl methyl sites for hydroxylation is 2. The number of fused-ring (bicyclic) bond motifs is 1. The minimum atomic E-state index is -0.422. The van der Waals surface area contributed by atoms with Crippen molar-refractivity contribution in [3.8, 4) is 0 Å². The van der Waals surface area contributed by atoms with E-state index in [0.717, 1.165) is 37.0 Å². The minimum Gasteiger partial charge on any atom is -0.393 e. The summed E-state index contributed by atoms with van der Waals surface area (Å²) in [4.78, 5) is 6.66. The highest BCUT2D eigenvalue weighted by atomic mass is 16.3. The second kappa shape index (κ2) is 6.36. The molecule has 5 nitrogen and oxygen atoms in total. The fraction of sp³-hybridized carbons (Fsp3) is 0.588. The predicted octanol–water partition coefficient (Wildman–Crippen LogP) is 1.47. The summed E-state index contributed by atoms with van der Waals surface area (Å²) < 4.78 is 2.03. The summed E-state index contributed by atoms with van der Waals surface area (Å²) in [6, 6.07) is 4.24. The number of aliphatic hydroxyl groups excluding tert-OH is 2. The summed E-state index contributed by atoms with van der Waals surface area (Å²) in [5, 5.41) is 19.9. The van der Waals surface area contributed by atoms with Gasteiger partial charge in [-0.2, -0.15) is 0 Å². The largest absolute Gasteiger partial charge is 0.393 e. The van der Waals surface area contributed by atoms with Gasteiger partial charge in [-0.15, -0.1) is 0 Å². The van der Waals surface area contributed by atoms with E-state index >= 15 is 0 Å². The van der Waals surface area contributed by atoms with E-state index in [1.54, 1.807) is 0 Å². The number of β-amino-alcohol motifs (C(OH)–C–C–N with tert-alkyl or cyclic N) is 1. The molecule has 1 atom stereocenters. The summed E-state index contributed by atoms with van der Waals surface area (Å²) in [7, 11) is 0. The molecule has 0 amide bonds. The molecule has 1 aromatic carbocycles. The topological polar surface area (TPSA) is 61.5 Å². The summed E-state index contributed by atoms with van der Waals surface area (Å²) in [5.41, 5.74) is 4.55. The maximum absolute atomic E-state index is 10.4. The first-order valence-electron chi connectivity index (χ1n) is 8.03. The molecule has 0 saturated carbocycles. The Labute approximate surface area is 131 Å². The van der Waals surface area contributed by atoms with Crippen LogP contribution in [0.5, 0.6) is 0 Å². The first-order chi connectivity index (χ1) is 10.5. The van der Waals surface area contributed by atoms with E-state index in [1.807, 2.05) is 10.9 Å². The molecule has 0 aliphatic carbocycles. The van der Waals surface area contributed by atoms with Gasteiger partial charge in [-0.3, -0.25) is 0 Å². The molecule has 1 aliphatic rings. The molecule has 1 aromatic heterocycles. The van der Waals surface area contributed by atoms with E-state index in [4.69, 9.17) is 0 Å². The van der Waals surface area contributed by atoms with Crippen molar-refractivity contribution in [2.45, 2.75) is 45.4 Å². The average Bonchev–Trinajstić information content (AvgIpc) is 2.84. The van der Waals surface area contributed by atoms with E-state index in [0.29, 0.717) is 13.1 Å². The van der Waals surface area contributed by atoms with Crippen LogP contribution in [0.1, 0.15) is 24.0 Å². The van der Waals surface area contributed by atoms with Crippen LogP contribution in [0.15, 0.2) is 18.5 Å². The van der Waals surface area contributed by atoms with Crippen LogP contribution in [0.3, 0.4) is 0 Å². The first-order valence-corrected chi connectivity index (χ1v) is 8.03. The molecular formula is C17H25N3O2. The standard InChI is InChI=1S/C17H25N3O2/c1-12-7-16-17(8-13(12)2)20(11-18-16)10-15(22)9-19-5-3-14(21)4-6-19/h7-8,11,14-15,21-22H,3-6,9-10H2,1-2H3/t15-/m1/s1. The van der Waals surface area contributed by atoms with Crippen molar-refractivity contribution < 1.29 is 10.2 Å². The van der Waals surface area contributed by atoms with E-state index in [9.17, 15) is 10.2 Å². The first kappa shape index (κ1) is 15.5. The van der Waals surface area contributed by atoms with Crippen LogP contribution >= 0.6 is 0 Å². The fourth-order valence-electron chi connectivity index (χ4n) is 3.14. The number of nitrogens with zero attached hydrogens (tertiary/aromatic N) is 3. The quantitative estimate of drug-likeness (QED) is 0.898. The van der Waals surface area contributed by atoms with E-state index in [1.165, 1.54) is 11.1 Å². The van der Waals surface area contributed by atoms with Gasteiger partial charge >= 0.3 is 0 Å². The monoisotopic (exact) mass is 303 g/mol. The number of aliphatic hydroxyl groups is 2. The van der Waals surface area contributed by atoms with Crippen molar-refractivity contribution in [3.05, 3.63) is 29.6 Å². The molecule has 22 heavy (non-hydrogen) atoms. The number of imidazole rings is 1. The molecule has 2 aromatic rings. The summed E-state index contributed by atoms with van der Waals surface area (Å²) in [6.07, 6.45) is 2.83. The number of piperidine rings is 1. The highest BCUT2D eigenvalue weighted by Crippen LogP contribution is 2.19. The van der Waals surface area contributed by atoms with Crippen LogP contribution in [-0.4, -0.2) is 56.5 Å². The minimum absolute atomic E-state index is 0.169. The van der Waals surface area contributed by atoms with Crippen LogP contribution < -0.4 is 0 Å². The second-order valence-corrected chi connectivity index (χ2v) is 6.51. The van der Waals surface area contributed by atoms with Gasteiger partial charge in [-0.25, -0.2) is 4.98 Å². The summed E-state index contributed by atoms with van der Waals surface area (Å²) in [6.45, 7) is 7.12. The molecule has 1 fully saturated rings. The van der Waals surface area contributed by atoms with Gasteiger partial charge < -0.3 is 19.7 Å². The maximum Gasteiger partial charge on any atom is 0.0959 e. The van der Waals surface area contributed by atoms with Gasteiger partial charge in [0.25, 0.3) is 0 Å². The van der Waals surface area contributed by atoms with Crippen LogP contribution in [0.2, 0.25) is 0 Å². The Bertz CT molecular complexity index is 645. The number of hydrogen-bond acceptors (Lipinski definition) is 4. The third-order valence-electron chi connectivity index (χ3n) is 4.67. The molecule has 0 bridgehead atoms. The van der Waals surface area contributed by atoms with Gasteiger partial charge in [0.15, 0.2) is 0 Å². The van der Waals surface area contributed by atoms with E-state index in [2.05, 4.69) is 35.9 Å². The second-order valence-electron chi connectivity index (χ2n) is 6.51.